The summed E-state index contributed by atoms with van der Waals surface area (Å²) < 4.78 is 0. The minimum absolute atomic E-state index is 0.0353. The summed E-state index contributed by atoms with van der Waals surface area (Å²) in [6.07, 6.45) is 8.22. The van der Waals surface area contributed by atoms with E-state index >= 15 is 0 Å². The molecular formula is C26H32N2O4. The van der Waals surface area contributed by atoms with Crippen molar-refractivity contribution in [3.63, 3.8) is 0 Å². The summed E-state index contributed by atoms with van der Waals surface area (Å²) in [7, 11) is 0. The Balaban J connectivity index is 2.10. The highest BCUT2D eigenvalue weighted by Gasteiger charge is 2.41. The number of aliphatic carboxylic acids is 2. The van der Waals surface area contributed by atoms with Crippen molar-refractivity contribution < 1.29 is 19.8 Å². The lowest BCUT2D eigenvalue weighted by Crippen LogP contribution is -2.29. The van der Waals surface area contributed by atoms with E-state index in [9.17, 15) is 19.8 Å². The summed E-state index contributed by atoms with van der Waals surface area (Å²) >= 11 is 0. The number of aryl methyl sites for hydroxylation is 1. The van der Waals surface area contributed by atoms with Crippen LogP contribution in [0.1, 0.15) is 87.5 Å². The van der Waals surface area contributed by atoms with Crippen LogP contribution in [-0.4, -0.2) is 32.8 Å². The van der Waals surface area contributed by atoms with E-state index in [2.05, 4.69) is 25.8 Å². The van der Waals surface area contributed by atoms with E-state index in [1.165, 1.54) is 0 Å². The zero-order valence-electron chi connectivity index (χ0n) is 19.1. The molecule has 0 saturated heterocycles. The van der Waals surface area contributed by atoms with Crippen molar-refractivity contribution >= 4 is 23.3 Å². The molecule has 3 rings (SSSR count). The number of hydrogen-bond acceptors (Lipinski definition) is 4. The number of unbranched alkanes of at least 4 members (excludes halogenated alkanes) is 3. The third-order valence-electron chi connectivity index (χ3n) is 6.32. The van der Waals surface area contributed by atoms with Crippen LogP contribution in [-0.2, 0) is 21.4 Å². The molecule has 0 saturated carbocycles. The first-order valence-electron chi connectivity index (χ1n) is 11.4. The fourth-order valence-electron chi connectivity index (χ4n) is 4.74. The highest BCUT2D eigenvalue weighted by Crippen LogP contribution is 2.48. The summed E-state index contributed by atoms with van der Waals surface area (Å²) in [6, 6.07) is 7.60. The Morgan fingerprint density at radius 3 is 2.38 bits per heavy atom. The van der Waals surface area contributed by atoms with E-state index in [4.69, 9.17) is 4.99 Å². The molecule has 6 nitrogen and oxygen atoms in total. The zero-order valence-corrected chi connectivity index (χ0v) is 19.1. The molecule has 0 bridgehead atoms. The number of carbonyl (C=O) groups is 2. The Bertz CT molecular complexity index is 1010. The number of rotatable bonds is 11. The molecule has 1 aromatic heterocycles. The van der Waals surface area contributed by atoms with Gasteiger partial charge in [-0.15, -0.1) is 0 Å². The molecule has 2 N–H and O–H groups in total. The Morgan fingerprint density at radius 1 is 1.03 bits per heavy atom. The monoisotopic (exact) mass is 436 g/mol. The highest BCUT2D eigenvalue weighted by atomic mass is 16.4. The lowest BCUT2D eigenvalue weighted by Gasteiger charge is -2.29. The first-order valence-corrected chi connectivity index (χ1v) is 11.4. The van der Waals surface area contributed by atoms with Crippen molar-refractivity contribution in [2.45, 2.75) is 77.0 Å². The van der Waals surface area contributed by atoms with Crippen molar-refractivity contribution in [3.05, 3.63) is 58.9 Å². The normalized spacial score (nSPS) is 15.2. The number of nitrogens with zero attached hydrogens (tertiary/aromatic N) is 2. The molecule has 1 unspecified atom stereocenters. The van der Waals surface area contributed by atoms with E-state index in [-0.39, 0.29) is 6.42 Å². The van der Waals surface area contributed by atoms with Gasteiger partial charge in [0.15, 0.2) is 0 Å². The topological polar surface area (TPSA) is 99.8 Å². The Labute approximate surface area is 189 Å². The molecule has 1 atom stereocenters. The number of carboxylic acid groups (broad SMARTS) is 2. The SMILES string of the molecule is CCCCCCC(C(=O)O)c1c(CCC(=O)O)ccc2c1C(C)(C)C(c1ccncc1)=N2. The minimum Gasteiger partial charge on any atom is -0.481 e. The summed E-state index contributed by atoms with van der Waals surface area (Å²) in [5, 5.41) is 19.5. The second kappa shape index (κ2) is 10.1. The standard InChI is InChI=1S/C26H32N2O4/c1-4-5-6-7-8-19(25(31)32)22-17(10-12-21(29)30)9-11-20-23(22)26(2,3)24(28-20)18-13-15-27-16-14-18/h9,11,13-16,19H,4-8,10,12H2,1-3H3,(H,29,30)(H,31,32). The van der Waals surface area contributed by atoms with Crippen LogP contribution in [0.3, 0.4) is 0 Å². The molecule has 32 heavy (non-hydrogen) atoms. The number of aromatic nitrogens is 1. The van der Waals surface area contributed by atoms with Gasteiger partial charge < -0.3 is 10.2 Å². The fourth-order valence-corrected chi connectivity index (χ4v) is 4.74. The number of benzene rings is 1. The second-order valence-corrected chi connectivity index (χ2v) is 8.99. The summed E-state index contributed by atoms with van der Waals surface area (Å²) in [5.41, 5.74) is 4.56. The van der Waals surface area contributed by atoms with Gasteiger partial charge in [-0.3, -0.25) is 19.6 Å². The second-order valence-electron chi connectivity index (χ2n) is 8.99. The minimum atomic E-state index is -0.890. The molecule has 170 valence electrons. The molecule has 2 aromatic rings. The van der Waals surface area contributed by atoms with Gasteiger partial charge in [0.05, 0.1) is 17.3 Å². The number of carboxylic acids is 2. The Hall–Kier alpha value is -3.02. The molecule has 0 aliphatic carbocycles. The van der Waals surface area contributed by atoms with Crippen molar-refractivity contribution in [1.82, 2.24) is 4.98 Å². The summed E-state index contributed by atoms with van der Waals surface area (Å²) in [4.78, 5) is 32.7. The first kappa shape index (κ1) is 23.6. The van der Waals surface area contributed by atoms with Crippen LogP contribution in [0.4, 0.5) is 5.69 Å². The van der Waals surface area contributed by atoms with Gasteiger partial charge in [-0.2, -0.15) is 0 Å². The smallest absolute Gasteiger partial charge is 0.310 e. The van der Waals surface area contributed by atoms with Gasteiger partial charge in [-0.1, -0.05) is 52.5 Å². The van der Waals surface area contributed by atoms with E-state index < -0.39 is 23.3 Å². The van der Waals surface area contributed by atoms with Crippen LogP contribution in [0, 0.1) is 0 Å². The molecule has 0 amide bonds. The molecule has 1 aliphatic heterocycles. The maximum Gasteiger partial charge on any atom is 0.310 e. The van der Waals surface area contributed by atoms with Crippen molar-refractivity contribution in [3.8, 4) is 0 Å². The van der Waals surface area contributed by atoms with Gasteiger partial charge in [-0.25, -0.2) is 0 Å². The average Bonchev–Trinajstić information content (AvgIpc) is 3.03. The molecule has 1 aromatic carbocycles. The van der Waals surface area contributed by atoms with Gasteiger partial charge in [0, 0.05) is 24.2 Å². The molecule has 0 radical (unpaired) electrons. The Kier molecular flexibility index (Phi) is 7.44. The number of fused-ring (bicyclic) bond motifs is 1. The van der Waals surface area contributed by atoms with Gasteiger partial charge in [0.25, 0.3) is 0 Å². The predicted octanol–water partition coefficient (Wildman–Crippen LogP) is 5.65. The summed E-state index contributed by atoms with van der Waals surface area (Å²) in [5.74, 6) is -2.43. The van der Waals surface area contributed by atoms with Crippen LogP contribution in [0.25, 0.3) is 0 Å². The van der Waals surface area contributed by atoms with Crippen molar-refractivity contribution in [2.24, 2.45) is 4.99 Å². The predicted molar refractivity (Wildman–Crippen MR) is 125 cm³/mol. The van der Waals surface area contributed by atoms with Gasteiger partial charge in [-0.05, 0) is 53.3 Å². The molecule has 6 heteroatoms. The largest absolute Gasteiger partial charge is 0.481 e. The van der Waals surface area contributed by atoms with E-state index in [1.807, 2.05) is 24.3 Å². The van der Waals surface area contributed by atoms with E-state index in [0.29, 0.717) is 12.8 Å². The zero-order chi connectivity index (χ0) is 23.3. The average molecular weight is 437 g/mol. The first-order chi connectivity index (χ1) is 15.3. The van der Waals surface area contributed by atoms with E-state index in [0.717, 1.165) is 59.3 Å². The van der Waals surface area contributed by atoms with Crippen LogP contribution >= 0.6 is 0 Å². The number of pyridine rings is 1. The molecule has 0 fully saturated rings. The molecule has 2 heterocycles. The Morgan fingerprint density at radius 2 is 1.75 bits per heavy atom. The third-order valence-corrected chi connectivity index (χ3v) is 6.32. The number of aliphatic imine (C=N–C) groups is 1. The molecule has 1 aliphatic rings. The molecular weight excluding hydrogens is 404 g/mol. The van der Waals surface area contributed by atoms with Crippen molar-refractivity contribution in [1.29, 1.82) is 0 Å². The van der Waals surface area contributed by atoms with Crippen molar-refractivity contribution in [2.75, 3.05) is 0 Å². The number of hydrogen-bond donors (Lipinski definition) is 2. The molecule has 0 spiro atoms. The highest BCUT2D eigenvalue weighted by molar-refractivity contribution is 6.12. The van der Waals surface area contributed by atoms with Crippen LogP contribution in [0.5, 0.6) is 0 Å². The van der Waals surface area contributed by atoms with Gasteiger partial charge in [0.2, 0.25) is 0 Å². The maximum absolute atomic E-state index is 12.5. The van der Waals surface area contributed by atoms with Crippen LogP contribution < -0.4 is 0 Å². The lowest BCUT2D eigenvalue weighted by atomic mass is 9.72. The lowest BCUT2D eigenvalue weighted by molar-refractivity contribution is -0.139. The van der Waals surface area contributed by atoms with Gasteiger partial charge >= 0.3 is 11.9 Å². The van der Waals surface area contributed by atoms with Crippen LogP contribution in [0.2, 0.25) is 0 Å². The third kappa shape index (κ3) is 4.90. The quantitative estimate of drug-likeness (QED) is 0.443. The van der Waals surface area contributed by atoms with Gasteiger partial charge in [0.1, 0.15) is 0 Å². The summed E-state index contributed by atoms with van der Waals surface area (Å²) in [6.45, 7) is 6.26. The fraction of sp³-hybridized carbons (Fsp3) is 0.462. The van der Waals surface area contributed by atoms with Crippen LogP contribution in [0.15, 0.2) is 41.7 Å². The maximum atomic E-state index is 12.5. The van der Waals surface area contributed by atoms with E-state index in [1.54, 1.807) is 12.4 Å².